The van der Waals surface area contributed by atoms with E-state index in [-0.39, 0.29) is 29.1 Å². The first-order valence-corrected chi connectivity index (χ1v) is 11.7. The zero-order valence-corrected chi connectivity index (χ0v) is 18.0. The number of nitrogens with one attached hydrogen (secondary N) is 1. The summed E-state index contributed by atoms with van der Waals surface area (Å²) in [6.07, 6.45) is 3.33. The van der Waals surface area contributed by atoms with Crippen molar-refractivity contribution in [2.75, 3.05) is 25.6 Å². The lowest BCUT2D eigenvalue weighted by molar-refractivity contribution is -0.110. The Morgan fingerprint density at radius 2 is 2.07 bits per heavy atom. The molecule has 0 atom stereocenters. The van der Waals surface area contributed by atoms with Crippen LogP contribution in [-0.4, -0.2) is 55.7 Å². The number of amides is 1. The Bertz CT molecular complexity index is 998. The molecule has 1 fully saturated rings. The number of benzene rings is 1. The van der Waals surface area contributed by atoms with E-state index in [4.69, 9.17) is 14.7 Å². The number of ether oxygens (including phenoxy) is 1. The highest BCUT2D eigenvalue weighted by molar-refractivity contribution is 7.92. The van der Waals surface area contributed by atoms with Crippen LogP contribution < -0.4 is 5.32 Å². The average molecular weight is 454 g/mol. The smallest absolute Gasteiger partial charge is 0.280 e. The minimum Gasteiger partial charge on any atom is -0.396 e. The number of rotatable bonds is 11. The summed E-state index contributed by atoms with van der Waals surface area (Å²) < 4.78 is 29.8. The fourth-order valence-corrected chi connectivity index (χ4v) is 5.01. The van der Waals surface area contributed by atoms with Crippen LogP contribution in [0.2, 0.25) is 0 Å². The van der Waals surface area contributed by atoms with Crippen LogP contribution in [0.25, 0.3) is 0 Å². The molecule has 1 aliphatic rings. The Morgan fingerprint density at radius 3 is 2.70 bits per heavy atom. The lowest BCUT2D eigenvalue weighted by Gasteiger charge is -2.08. The summed E-state index contributed by atoms with van der Waals surface area (Å²) in [6, 6.07) is 6.00. The zero-order valence-electron chi connectivity index (χ0n) is 16.4. The highest BCUT2D eigenvalue weighted by Crippen LogP contribution is 2.33. The van der Waals surface area contributed by atoms with Crippen LogP contribution in [0, 0.1) is 0 Å². The van der Waals surface area contributed by atoms with Crippen LogP contribution in [-0.2, 0) is 30.8 Å². The van der Waals surface area contributed by atoms with Crippen molar-refractivity contribution in [1.29, 1.82) is 0 Å². The number of aliphatic hydroxyl groups is 1. The average Bonchev–Trinajstić information content (AvgIpc) is 3.51. The molecule has 9 nitrogen and oxygen atoms in total. The number of anilines is 1. The van der Waals surface area contributed by atoms with Crippen LogP contribution in [0.1, 0.15) is 29.7 Å². The van der Waals surface area contributed by atoms with E-state index < -0.39 is 15.7 Å². The number of hydrogen-bond donors (Lipinski definition) is 2. The molecule has 11 heteroatoms. The Balaban J connectivity index is 1.79. The zero-order chi connectivity index (χ0) is 21.6. The number of methoxy groups -OCH3 is 1. The number of nitrogens with zero attached hydrogens (tertiary/aromatic N) is 2. The molecule has 0 unspecified atom stereocenters. The van der Waals surface area contributed by atoms with E-state index >= 15 is 0 Å². The topological polar surface area (TPSA) is 127 Å². The van der Waals surface area contributed by atoms with Crippen LogP contribution in [0.5, 0.6) is 0 Å². The van der Waals surface area contributed by atoms with Crippen LogP contribution in [0.4, 0.5) is 5.13 Å². The Hall–Kier alpha value is -2.34. The minimum absolute atomic E-state index is 0.0215. The maximum absolute atomic E-state index is 12.8. The monoisotopic (exact) mass is 453 g/mol. The Labute approximate surface area is 178 Å². The predicted octanol–water partition coefficient (Wildman–Crippen LogP) is 1.97. The third-order valence-corrected chi connectivity index (χ3v) is 7.41. The van der Waals surface area contributed by atoms with E-state index in [1.807, 2.05) is 0 Å². The van der Waals surface area contributed by atoms with Crippen molar-refractivity contribution in [3.05, 3.63) is 40.9 Å². The number of aromatic nitrogens is 1. The highest BCUT2D eigenvalue weighted by Gasteiger charge is 2.36. The van der Waals surface area contributed by atoms with Gasteiger partial charge in [0.2, 0.25) is 0 Å². The minimum atomic E-state index is -3.32. The lowest BCUT2D eigenvalue weighted by atomic mass is 10.1. The van der Waals surface area contributed by atoms with Gasteiger partial charge in [0.1, 0.15) is 6.61 Å². The molecule has 30 heavy (non-hydrogen) atoms. The molecular weight excluding hydrogens is 430 g/mol. The summed E-state index contributed by atoms with van der Waals surface area (Å²) in [5.41, 5.74) is 0.381. The standard InChI is InChI=1S/C19H23N3O6S2/c1-27-12-14-11-20-19(29-14)21-18(24)17(22-28-10-2-9-23)13-3-5-15(6-4-13)30(25,26)16-7-8-16/h3-6,11,16,23H,2,7-10,12H2,1H3,(H,20,21,24). The van der Waals surface area contributed by atoms with Crippen molar-refractivity contribution in [2.45, 2.75) is 36.0 Å². The van der Waals surface area contributed by atoms with Gasteiger partial charge in [0.05, 0.1) is 21.6 Å². The van der Waals surface area contributed by atoms with Crippen LogP contribution in [0.3, 0.4) is 0 Å². The van der Waals surface area contributed by atoms with E-state index in [1.54, 1.807) is 13.3 Å². The Kier molecular flexibility index (Phi) is 7.53. The normalized spacial score (nSPS) is 14.5. The molecule has 2 aromatic rings. The largest absolute Gasteiger partial charge is 0.396 e. The molecule has 1 aromatic heterocycles. The maximum atomic E-state index is 12.8. The van der Waals surface area contributed by atoms with Crippen molar-refractivity contribution in [3.8, 4) is 0 Å². The fraction of sp³-hybridized carbons (Fsp3) is 0.421. The van der Waals surface area contributed by atoms with Gasteiger partial charge in [-0.2, -0.15) is 0 Å². The van der Waals surface area contributed by atoms with Gasteiger partial charge >= 0.3 is 0 Å². The summed E-state index contributed by atoms with van der Waals surface area (Å²) in [7, 11) is -1.75. The molecule has 0 spiro atoms. The van der Waals surface area contributed by atoms with Crippen molar-refractivity contribution < 1.29 is 27.9 Å². The molecule has 1 heterocycles. The quantitative estimate of drug-likeness (QED) is 0.302. The maximum Gasteiger partial charge on any atom is 0.280 e. The molecule has 162 valence electrons. The molecule has 1 aromatic carbocycles. The number of thiazole rings is 1. The van der Waals surface area contributed by atoms with Gasteiger partial charge in [-0.15, -0.1) is 0 Å². The molecule has 1 aliphatic carbocycles. The van der Waals surface area contributed by atoms with Gasteiger partial charge in [-0.3, -0.25) is 10.1 Å². The van der Waals surface area contributed by atoms with Crippen molar-refractivity contribution in [1.82, 2.24) is 4.98 Å². The lowest BCUT2D eigenvalue weighted by Crippen LogP contribution is -2.24. The van der Waals surface area contributed by atoms with E-state index in [0.29, 0.717) is 36.6 Å². The molecule has 1 saturated carbocycles. The van der Waals surface area contributed by atoms with Crippen LogP contribution in [0.15, 0.2) is 40.5 Å². The first-order chi connectivity index (χ1) is 14.5. The molecular formula is C19H23N3O6S2. The first kappa shape index (κ1) is 22.3. The van der Waals surface area contributed by atoms with Gasteiger partial charge in [0.15, 0.2) is 20.7 Å². The van der Waals surface area contributed by atoms with Gasteiger partial charge in [-0.1, -0.05) is 28.6 Å². The molecule has 0 aliphatic heterocycles. The van der Waals surface area contributed by atoms with Gasteiger partial charge in [-0.25, -0.2) is 13.4 Å². The van der Waals surface area contributed by atoms with E-state index in [0.717, 1.165) is 4.88 Å². The molecule has 2 N–H and O–H groups in total. The third-order valence-electron chi connectivity index (χ3n) is 4.24. The molecule has 3 rings (SSSR count). The summed E-state index contributed by atoms with van der Waals surface area (Å²) in [5.74, 6) is -0.546. The van der Waals surface area contributed by atoms with Gasteiger partial charge in [0, 0.05) is 31.9 Å². The third kappa shape index (κ3) is 5.63. The summed E-state index contributed by atoms with van der Waals surface area (Å²) in [5, 5.41) is 15.5. The molecule has 0 radical (unpaired) electrons. The summed E-state index contributed by atoms with van der Waals surface area (Å²) in [6.45, 7) is 0.457. The second kappa shape index (κ2) is 10.1. The second-order valence-electron chi connectivity index (χ2n) is 6.64. The molecule has 0 bridgehead atoms. The van der Waals surface area contributed by atoms with E-state index in [1.165, 1.54) is 35.6 Å². The van der Waals surface area contributed by atoms with Crippen molar-refractivity contribution in [3.63, 3.8) is 0 Å². The second-order valence-corrected chi connectivity index (χ2v) is 9.98. The van der Waals surface area contributed by atoms with Crippen LogP contribution >= 0.6 is 11.3 Å². The number of hydrogen-bond acceptors (Lipinski definition) is 9. The van der Waals surface area contributed by atoms with E-state index in [9.17, 15) is 13.2 Å². The van der Waals surface area contributed by atoms with E-state index in [2.05, 4.69) is 15.5 Å². The van der Waals surface area contributed by atoms with Gasteiger partial charge in [-0.05, 0) is 25.0 Å². The number of carbonyl (C=O) groups is 1. The summed E-state index contributed by atoms with van der Waals surface area (Å²) >= 11 is 1.27. The molecule has 0 saturated heterocycles. The number of sulfone groups is 1. The molecule has 1 amide bonds. The first-order valence-electron chi connectivity index (χ1n) is 9.36. The van der Waals surface area contributed by atoms with Gasteiger partial charge < -0.3 is 14.7 Å². The van der Waals surface area contributed by atoms with Gasteiger partial charge in [0.25, 0.3) is 5.91 Å². The van der Waals surface area contributed by atoms with Crippen molar-refractivity contribution >= 4 is 37.9 Å². The Morgan fingerprint density at radius 1 is 1.33 bits per heavy atom. The number of oxime groups is 1. The predicted molar refractivity (Wildman–Crippen MR) is 112 cm³/mol. The highest BCUT2D eigenvalue weighted by atomic mass is 32.2. The number of aliphatic hydroxyl groups excluding tert-OH is 1. The SMILES string of the molecule is COCc1cnc(NC(=O)C(=NOCCCO)c2ccc(S(=O)(=O)C3CC3)cc2)s1. The van der Waals surface area contributed by atoms with Crippen molar-refractivity contribution in [2.24, 2.45) is 5.16 Å². The summed E-state index contributed by atoms with van der Waals surface area (Å²) in [4.78, 5) is 23.1. The fourth-order valence-electron chi connectivity index (χ4n) is 2.57. The number of carbonyl (C=O) groups excluding carboxylic acids is 1.